The second-order valence-electron chi connectivity index (χ2n) is 9.94. The molecule has 0 aliphatic rings. The molecule has 0 bridgehead atoms. The first-order chi connectivity index (χ1) is 19.8. The molecular formula is C34H19N5S. The van der Waals surface area contributed by atoms with Crippen LogP contribution in [-0.4, -0.2) is 24.7 Å². The van der Waals surface area contributed by atoms with Crippen molar-refractivity contribution in [2.75, 3.05) is 0 Å². The largest absolute Gasteiger partial charge is 0.307 e. The van der Waals surface area contributed by atoms with Gasteiger partial charge in [-0.05, 0) is 36.4 Å². The van der Waals surface area contributed by atoms with Crippen LogP contribution < -0.4 is 0 Å². The standard InChI is InChI=1S/C34H19N5S/c1-2-11-21(12-3-1)39-26-16-8-5-13-22(26)29-32(39)31-30(28-23-14-6-9-17-27(23)40-33(28)29)37-38-34(36-31)25-19-18-20-10-4-7-15-24(20)35-25/h1-19H. The minimum atomic E-state index is 0.517. The first-order valence-corrected chi connectivity index (χ1v) is 14.0. The number of nitrogens with zero attached hydrogens (tertiary/aromatic N) is 5. The zero-order valence-corrected chi connectivity index (χ0v) is 21.9. The smallest absolute Gasteiger partial charge is 0.201 e. The van der Waals surface area contributed by atoms with E-state index in [1.54, 1.807) is 0 Å². The number of benzene rings is 5. The third-order valence-corrected chi connectivity index (χ3v) is 8.88. The molecule has 4 aromatic heterocycles. The molecule has 0 fully saturated rings. The fourth-order valence-corrected chi connectivity index (χ4v) is 7.22. The highest BCUT2D eigenvalue weighted by Gasteiger charge is 2.24. The highest BCUT2D eigenvalue weighted by atomic mass is 32.1. The first kappa shape index (κ1) is 21.7. The zero-order chi connectivity index (χ0) is 26.2. The van der Waals surface area contributed by atoms with Crippen LogP contribution in [0, 0.1) is 0 Å². The van der Waals surface area contributed by atoms with Gasteiger partial charge in [-0.15, -0.1) is 21.5 Å². The Labute approximate surface area is 232 Å². The summed E-state index contributed by atoms with van der Waals surface area (Å²) in [6.07, 6.45) is 0. The average Bonchev–Trinajstić information content (AvgIpc) is 3.58. The predicted molar refractivity (Wildman–Crippen MR) is 165 cm³/mol. The molecule has 9 rings (SSSR count). The summed E-state index contributed by atoms with van der Waals surface area (Å²) >= 11 is 1.81. The minimum absolute atomic E-state index is 0.517. The van der Waals surface area contributed by atoms with Crippen molar-refractivity contribution < 1.29 is 0 Å². The van der Waals surface area contributed by atoms with Crippen molar-refractivity contribution in [2.24, 2.45) is 0 Å². The summed E-state index contributed by atoms with van der Waals surface area (Å²) in [6, 6.07) is 39.8. The topological polar surface area (TPSA) is 56.5 Å². The maximum atomic E-state index is 5.25. The van der Waals surface area contributed by atoms with E-state index in [1.807, 2.05) is 41.7 Å². The number of fused-ring (bicyclic) bond motifs is 11. The normalized spacial score (nSPS) is 12.0. The van der Waals surface area contributed by atoms with E-state index in [1.165, 1.54) is 25.6 Å². The Morgan fingerprint density at radius 3 is 2.27 bits per heavy atom. The number of thiophene rings is 1. The van der Waals surface area contributed by atoms with E-state index in [0.717, 1.165) is 44.0 Å². The molecule has 4 heterocycles. The fourth-order valence-electron chi connectivity index (χ4n) is 5.95. The molecule has 0 spiro atoms. The van der Waals surface area contributed by atoms with E-state index in [4.69, 9.17) is 15.1 Å². The number of hydrogen-bond acceptors (Lipinski definition) is 5. The second-order valence-corrected chi connectivity index (χ2v) is 11.0. The molecule has 0 unspecified atom stereocenters. The maximum absolute atomic E-state index is 5.25. The molecule has 186 valence electrons. The van der Waals surface area contributed by atoms with Crippen LogP contribution in [0.4, 0.5) is 0 Å². The molecule has 6 heteroatoms. The van der Waals surface area contributed by atoms with Gasteiger partial charge in [-0.1, -0.05) is 78.9 Å². The van der Waals surface area contributed by atoms with E-state index in [2.05, 4.69) is 94.6 Å². The monoisotopic (exact) mass is 529 g/mol. The van der Waals surface area contributed by atoms with Crippen molar-refractivity contribution >= 4 is 75.3 Å². The van der Waals surface area contributed by atoms with Gasteiger partial charge in [-0.3, -0.25) is 0 Å². The molecule has 9 aromatic rings. The third kappa shape index (κ3) is 2.96. The van der Waals surface area contributed by atoms with Gasteiger partial charge in [0.25, 0.3) is 0 Å². The highest BCUT2D eigenvalue weighted by molar-refractivity contribution is 7.27. The van der Waals surface area contributed by atoms with Crippen LogP contribution in [-0.2, 0) is 0 Å². The van der Waals surface area contributed by atoms with E-state index in [9.17, 15) is 0 Å². The van der Waals surface area contributed by atoms with Gasteiger partial charge in [-0.2, -0.15) is 0 Å². The van der Waals surface area contributed by atoms with Gasteiger partial charge in [0.05, 0.1) is 16.6 Å². The molecule has 40 heavy (non-hydrogen) atoms. The van der Waals surface area contributed by atoms with Crippen LogP contribution in [0.5, 0.6) is 0 Å². The molecule has 0 saturated heterocycles. The lowest BCUT2D eigenvalue weighted by Crippen LogP contribution is -2.00. The van der Waals surface area contributed by atoms with Gasteiger partial charge < -0.3 is 4.57 Å². The Bertz CT molecular complexity index is 2440. The van der Waals surface area contributed by atoms with Gasteiger partial charge in [0.15, 0.2) is 0 Å². The molecular weight excluding hydrogens is 510 g/mol. The van der Waals surface area contributed by atoms with Crippen molar-refractivity contribution in [1.82, 2.24) is 24.7 Å². The van der Waals surface area contributed by atoms with Crippen LogP contribution in [0.15, 0.2) is 115 Å². The SMILES string of the molecule is c1ccc(-n2c3ccccc3c3c4sc5ccccc5c4c4nnc(-c5ccc6ccccc6n5)nc4c32)cc1. The average molecular weight is 530 g/mol. The molecule has 0 saturated carbocycles. The number of pyridine rings is 1. The van der Waals surface area contributed by atoms with Gasteiger partial charge in [0, 0.05) is 42.0 Å². The number of hydrogen-bond donors (Lipinski definition) is 0. The van der Waals surface area contributed by atoms with Crippen molar-refractivity contribution in [3.05, 3.63) is 115 Å². The van der Waals surface area contributed by atoms with Crippen LogP contribution in [0.25, 0.3) is 81.1 Å². The van der Waals surface area contributed by atoms with E-state index >= 15 is 0 Å². The molecule has 0 aliphatic carbocycles. The third-order valence-electron chi connectivity index (χ3n) is 7.69. The molecule has 0 radical (unpaired) electrons. The van der Waals surface area contributed by atoms with Crippen molar-refractivity contribution in [2.45, 2.75) is 0 Å². The van der Waals surface area contributed by atoms with Gasteiger partial charge in [-0.25, -0.2) is 9.97 Å². The lowest BCUT2D eigenvalue weighted by Gasteiger charge is -2.10. The molecule has 5 nitrogen and oxygen atoms in total. The minimum Gasteiger partial charge on any atom is -0.307 e. The quantitative estimate of drug-likeness (QED) is 0.225. The Kier molecular flexibility index (Phi) is 4.42. The van der Waals surface area contributed by atoms with Gasteiger partial charge in [0.2, 0.25) is 5.82 Å². The van der Waals surface area contributed by atoms with E-state index < -0.39 is 0 Å². The Balaban J connectivity index is 1.51. The summed E-state index contributed by atoms with van der Waals surface area (Å²) in [5, 5.41) is 15.3. The highest BCUT2D eigenvalue weighted by Crippen LogP contribution is 2.47. The van der Waals surface area contributed by atoms with Crippen molar-refractivity contribution in [3.8, 4) is 17.2 Å². The summed E-state index contributed by atoms with van der Waals surface area (Å²) in [6.45, 7) is 0. The molecule has 5 aromatic carbocycles. The van der Waals surface area contributed by atoms with Gasteiger partial charge in [0.1, 0.15) is 16.7 Å². The van der Waals surface area contributed by atoms with E-state index in [-0.39, 0.29) is 0 Å². The zero-order valence-electron chi connectivity index (χ0n) is 21.1. The van der Waals surface area contributed by atoms with Crippen molar-refractivity contribution in [3.63, 3.8) is 0 Å². The number of rotatable bonds is 2. The Hall–Kier alpha value is -5.20. The molecule has 0 amide bonds. The lowest BCUT2D eigenvalue weighted by molar-refractivity contribution is 1.03. The molecule has 0 aliphatic heterocycles. The van der Waals surface area contributed by atoms with Gasteiger partial charge >= 0.3 is 0 Å². The lowest BCUT2D eigenvalue weighted by atomic mass is 10.1. The van der Waals surface area contributed by atoms with Crippen LogP contribution in [0.1, 0.15) is 0 Å². The first-order valence-electron chi connectivity index (χ1n) is 13.2. The van der Waals surface area contributed by atoms with Crippen molar-refractivity contribution in [1.29, 1.82) is 0 Å². The second kappa shape index (κ2) is 8.15. The molecule has 0 N–H and O–H groups in total. The summed E-state index contributed by atoms with van der Waals surface area (Å²) in [4.78, 5) is 10.1. The predicted octanol–water partition coefficient (Wildman–Crippen LogP) is 8.70. The fraction of sp³-hybridized carbons (Fsp3) is 0. The number of aromatic nitrogens is 5. The van der Waals surface area contributed by atoms with Crippen LogP contribution in [0.2, 0.25) is 0 Å². The summed E-state index contributed by atoms with van der Waals surface area (Å²) in [5.74, 6) is 0.517. The van der Waals surface area contributed by atoms with E-state index in [0.29, 0.717) is 11.5 Å². The summed E-state index contributed by atoms with van der Waals surface area (Å²) in [5.41, 5.74) is 6.51. The Morgan fingerprint density at radius 1 is 0.575 bits per heavy atom. The Morgan fingerprint density at radius 2 is 1.35 bits per heavy atom. The van der Waals surface area contributed by atoms with Crippen LogP contribution >= 0.6 is 11.3 Å². The van der Waals surface area contributed by atoms with Crippen LogP contribution in [0.3, 0.4) is 0 Å². The summed E-state index contributed by atoms with van der Waals surface area (Å²) < 4.78 is 4.76. The summed E-state index contributed by atoms with van der Waals surface area (Å²) in [7, 11) is 0. The molecule has 0 atom stereocenters. The maximum Gasteiger partial charge on any atom is 0.201 e. The number of para-hydroxylation sites is 3.